The van der Waals surface area contributed by atoms with E-state index in [0.717, 1.165) is 43.9 Å². The van der Waals surface area contributed by atoms with Crippen molar-refractivity contribution in [3.05, 3.63) is 72.1 Å². The number of carbonyl (C=O) groups is 1. The number of benzene rings is 2. The van der Waals surface area contributed by atoms with Crippen LogP contribution in [0, 0.1) is 28.9 Å². The summed E-state index contributed by atoms with van der Waals surface area (Å²) in [7, 11) is 0. The molecule has 9 nitrogen and oxygen atoms in total. The number of allylic oxidation sites excluding steroid dienone is 1. The summed E-state index contributed by atoms with van der Waals surface area (Å²) in [6, 6.07) is 11.8. The van der Waals surface area contributed by atoms with Crippen LogP contribution in [0.2, 0.25) is 0 Å². The number of likely N-dealkylation sites (tertiary alicyclic amines) is 1. The van der Waals surface area contributed by atoms with Crippen LogP contribution in [-0.4, -0.2) is 43.1 Å². The Morgan fingerprint density at radius 3 is 2.55 bits per heavy atom. The predicted molar refractivity (Wildman–Crippen MR) is 143 cm³/mol. The number of fused-ring (bicyclic) bond motifs is 1. The van der Waals surface area contributed by atoms with Crippen LogP contribution in [0.25, 0.3) is 22.3 Å². The summed E-state index contributed by atoms with van der Waals surface area (Å²) >= 11 is 0. The van der Waals surface area contributed by atoms with Crippen LogP contribution in [0.5, 0.6) is 11.5 Å². The SMILES string of the molecule is N#C/C(=C\C1CC1)C(=O)N1CCC[C@@H]1Cn1nc(-c2ccc(Oc3cc(F)cc(F)c3)cc2)c2c(N)ncnc21. The predicted octanol–water partition coefficient (Wildman–Crippen LogP) is 5.00. The Morgan fingerprint density at radius 1 is 1.10 bits per heavy atom. The molecule has 1 saturated carbocycles. The molecule has 40 heavy (non-hydrogen) atoms. The Kier molecular flexibility index (Phi) is 6.59. The van der Waals surface area contributed by atoms with E-state index in [-0.39, 0.29) is 29.1 Å². The number of carbonyl (C=O) groups excluding carboxylic acids is 1. The minimum absolute atomic E-state index is 0.0415. The monoisotopic (exact) mass is 541 g/mol. The Bertz CT molecular complexity index is 1650. The van der Waals surface area contributed by atoms with Gasteiger partial charge in [0.2, 0.25) is 0 Å². The van der Waals surface area contributed by atoms with Crippen LogP contribution < -0.4 is 10.5 Å². The van der Waals surface area contributed by atoms with Crippen LogP contribution in [0.4, 0.5) is 14.6 Å². The van der Waals surface area contributed by atoms with Crippen molar-refractivity contribution in [1.82, 2.24) is 24.6 Å². The third-order valence-electron chi connectivity index (χ3n) is 7.16. The molecule has 3 heterocycles. The van der Waals surface area contributed by atoms with Gasteiger partial charge in [0, 0.05) is 30.3 Å². The zero-order valence-electron chi connectivity index (χ0n) is 21.4. The van der Waals surface area contributed by atoms with Gasteiger partial charge in [0.05, 0.1) is 18.0 Å². The molecule has 2 N–H and O–H groups in total. The van der Waals surface area contributed by atoms with Gasteiger partial charge in [0.25, 0.3) is 5.91 Å². The summed E-state index contributed by atoms with van der Waals surface area (Å²) < 4.78 is 34.4. The maximum atomic E-state index is 13.5. The molecule has 1 atom stereocenters. The van der Waals surface area contributed by atoms with Gasteiger partial charge in [-0.15, -0.1) is 0 Å². The normalized spacial score (nSPS) is 17.3. The van der Waals surface area contributed by atoms with Gasteiger partial charge in [-0.1, -0.05) is 6.08 Å². The average molecular weight is 542 g/mol. The van der Waals surface area contributed by atoms with Gasteiger partial charge in [0.15, 0.2) is 5.65 Å². The molecule has 6 rings (SSSR count). The van der Waals surface area contributed by atoms with Crippen molar-refractivity contribution in [3.63, 3.8) is 0 Å². The fourth-order valence-corrected chi connectivity index (χ4v) is 5.07. The molecule has 11 heteroatoms. The van der Waals surface area contributed by atoms with Crippen molar-refractivity contribution in [3.8, 4) is 28.8 Å². The lowest BCUT2D eigenvalue weighted by Gasteiger charge is -2.24. The first-order valence-corrected chi connectivity index (χ1v) is 13.0. The Hall–Kier alpha value is -4.85. The second-order valence-electron chi connectivity index (χ2n) is 10.0. The van der Waals surface area contributed by atoms with Crippen LogP contribution >= 0.6 is 0 Å². The highest BCUT2D eigenvalue weighted by atomic mass is 19.1. The quantitative estimate of drug-likeness (QED) is 0.258. The maximum absolute atomic E-state index is 13.5. The first-order chi connectivity index (χ1) is 19.4. The van der Waals surface area contributed by atoms with E-state index in [1.54, 1.807) is 39.9 Å². The Morgan fingerprint density at radius 2 is 1.85 bits per heavy atom. The standard InChI is InChI=1S/C29H25F2N7O2/c30-20-11-21(31)13-24(12-20)40-23-7-5-18(6-8-23)26-25-27(33)34-16-35-28(25)38(36-26)15-22-2-1-9-37(22)29(39)19(14-32)10-17-3-4-17/h5-8,10-13,16-17,22H,1-4,9,15H2,(H2,33,34,35)/b19-10+/t22-/m1/s1. The lowest BCUT2D eigenvalue weighted by atomic mass is 10.1. The van der Waals surface area contributed by atoms with Gasteiger partial charge in [-0.2, -0.15) is 10.4 Å². The minimum Gasteiger partial charge on any atom is -0.457 e. The number of ether oxygens (including phenoxy) is 1. The second-order valence-corrected chi connectivity index (χ2v) is 10.0. The molecular formula is C29H25F2N7O2. The van der Waals surface area contributed by atoms with E-state index in [1.165, 1.54) is 6.33 Å². The van der Waals surface area contributed by atoms with E-state index >= 15 is 0 Å². The number of anilines is 1. The summed E-state index contributed by atoms with van der Waals surface area (Å²) in [6.07, 6.45) is 6.81. The molecule has 2 aromatic heterocycles. The molecule has 0 bridgehead atoms. The molecule has 1 aliphatic heterocycles. The fraction of sp³-hybridized carbons (Fsp3) is 0.276. The van der Waals surface area contributed by atoms with Crippen LogP contribution in [-0.2, 0) is 11.3 Å². The van der Waals surface area contributed by atoms with Gasteiger partial charge < -0.3 is 15.4 Å². The number of hydrogen-bond donors (Lipinski definition) is 1. The summed E-state index contributed by atoms with van der Waals surface area (Å²) in [5.41, 5.74) is 8.26. The van der Waals surface area contributed by atoms with Gasteiger partial charge in [-0.3, -0.25) is 4.79 Å². The molecule has 0 spiro atoms. The number of nitrogens with zero attached hydrogens (tertiary/aromatic N) is 6. The van der Waals surface area contributed by atoms with Crippen molar-refractivity contribution < 1.29 is 18.3 Å². The van der Waals surface area contributed by atoms with Crippen LogP contribution in [0.15, 0.2) is 60.4 Å². The molecule has 2 aromatic carbocycles. The van der Waals surface area contributed by atoms with Crippen LogP contribution in [0.3, 0.4) is 0 Å². The molecular weight excluding hydrogens is 516 g/mol. The molecule has 1 amide bonds. The third kappa shape index (κ3) is 5.08. The molecule has 2 aliphatic rings. The molecule has 202 valence electrons. The molecule has 0 radical (unpaired) electrons. The van der Waals surface area contributed by atoms with Crippen molar-refractivity contribution in [2.45, 2.75) is 38.3 Å². The summed E-state index contributed by atoms with van der Waals surface area (Å²) in [5, 5.41) is 15.0. The van der Waals surface area contributed by atoms with Crippen molar-refractivity contribution in [2.24, 2.45) is 5.92 Å². The zero-order valence-corrected chi connectivity index (χ0v) is 21.4. The van der Waals surface area contributed by atoms with E-state index in [0.29, 0.717) is 47.0 Å². The number of aromatic nitrogens is 4. The highest BCUT2D eigenvalue weighted by Crippen LogP contribution is 2.34. The first kappa shape index (κ1) is 25.4. The number of hydrogen-bond acceptors (Lipinski definition) is 7. The number of nitrogens with two attached hydrogens (primary N) is 1. The summed E-state index contributed by atoms with van der Waals surface area (Å²) in [6.45, 7) is 0.959. The van der Waals surface area contributed by atoms with Gasteiger partial charge in [-0.25, -0.2) is 23.4 Å². The lowest BCUT2D eigenvalue weighted by molar-refractivity contribution is -0.127. The van der Waals surface area contributed by atoms with Gasteiger partial charge in [0.1, 0.15) is 52.6 Å². The number of rotatable bonds is 7. The Labute approximate surface area is 228 Å². The van der Waals surface area contributed by atoms with E-state index in [4.69, 9.17) is 15.6 Å². The van der Waals surface area contributed by atoms with Crippen molar-refractivity contribution in [1.29, 1.82) is 5.26 Å². The molecule has 1 aliphatic carbocycles. The highest BCUT2D eigenvalue weighted by molar-refractivity contribution is 5.99. The second kappa shape index (κ2) is 10.4. The maximum Gasteiger partial charge on any atom is 0.264 e. The Balaban J connectivity index is 1.28. The number of amides is 1. The van der Waals surface area contributed by atoms with Crippen molar-refractivity contribution >= 4 is 22.8 Å². The number of halogens is 2. The summed E-state index contributed by atoms with van der Waals surface area (Å²) in [4.78, 5) is 23.5. The van der Waals surface area contributed by atoms with E-state index in [2.05, 4.69) is 16.0 Å². The highest BCUT2D eigenvalue weighted by Gasteiger charge is 2.33. The van der Waals surface area contributed by atoms with E-state index in [9.17, 15) is 18.8 Å². The van der Waals surface area contributed by atoms with Crippen molar-refractivity contribution in [2.75, 3.05) is 12.3 Å². The molecule has 0 unspecified atom stereocenters. The average Bonchev–Trinajstić information content (AvgIpc) is 3.51. The van der Waals surface area contributed by atoms with E-state index in [1.807, 2.05) is 0 Å². The molecule has 1 saturated heterocycles. The molecule has 4 aromatic rings. The minimum atomic E-state index is -0.732. The smallest absolute Gasteiger partial charge is 0.264 e. The fourth-order valence-electron chi connectivity index (χ4n) is 5.07. The third-order valence-corrected chi connectivity index (χ3v) is 7.16. The number of nitrogen functional groups attached to an aromatic ring is 1. The number of nitriles is 1. The van der Waals surface area contributed by atoms with Crippen LogP contribution in [0.1, 0.15) is 25.7 Å². The van der Waals surface area contributed by atoms with E-state index < -0.39 is 11.6 Å². The topological polar surface area (TPSA) is 123 Å². The largest absolute Gasteiger partial charge is 0.457 e. The van der Waals surface area contributed by atoms with Gasteiger partial charge >= 0.3 is 0 Å². The summed E-state index contributed by atoms with van der Waals surface area (Å²) in [5.74, 6) is -0.691. The molecule has 2 fully saturated rings. The first-order valence-electron chi connectivity index (χ1n) is 13.0. The van der Waals surface area contributed by atoms with Gasteiger partial charge in [-0.05, 0) is 55.9 Å². The zero-order chi connectivity index (χ0) is 27.8. The lowest BCUT2D eigenvalue weighted by Crippen LogP contribution is -2.39.